The number of nitrogens with one attached hydrogen (secondary N) is 2. The Morgan fingerprint density at radius 2 is 1.72 bits per heavy atom. The van der Waals surface area contributed by atoms with Crippen molar-refractivity contribution in [2.75, 3.05) is 12.4 Å². The van der Waals surface area contributed by atoms with Crippen LogP contribution in [0.2, 0.25) is 0 Å². The molecule has 0 unspecified atom stereocenters. The van der Waals surface area contributed by atoms with Crippen molar-refractivity contribution in [3.8, 4) is 11.5 Å². The Hall–Kier alpha value is -4.20. The molecule has 0 aliphatic carbocycles. The van der Waals surface area contributed by atoms with Crippen molar-refractivity contribution in [3.63, 3.8) is 0 Å². The molecule has 0 aliphatic rings. The molecule has 0 spiro atoms. The first-order valence-electron chi connectivity index (χ1n) is 9.71. The highest BCUT2D eigenvalue weighted by molar-refractivity contribution is 5.96. The minimum Gasteiger partial charge on any atom is -0.493 e. The summed E-state index contributed by atoms with van der Waals surface area (Å²) in [6.07, 6.45) is 1.48. The van der Waals surface area contributed by atoms with E-state index in [1.165, 1.54) is 32.4 Å². The first-order chi connectivity index (χ1) is 15.4. The van der Waals surface area contributed by atoms with Gasteiger partial charge in [0.2, 0.25) is 5.91 Å². The predicted molar refractivity (Wildman–Crippen MR) is 120 cm³/mol. The molecule has 0 radical (unpaired) electrons. The molecule has 2 amide bonds. The van der Waals surface area contributed by atoms with Crippen LogP contribution in [0.1, 0.15) is 28.4 Å². The second-order valence-electron chi connectivity index (χ2n) is 6.78. The number of carbonyl (C=O) groups excluding carboxylic acids is 2. The number of methoxy groups -OCH3 is 1. The maximum Gasteiger partial charge on any atom is 0.271 e. The largest absolute Gasteiger partial charge is 0.493 e. The average molecular weight is 435 g/mol. The Balaban J connectivity index is 1.58. The number of carbonyl (C=O) groups is 2. The van der Waals surface area contributed by atoms with Crippen molar-refractivity contribution in [1.29, 1.82) is 0 Å². The summed E-state index contributed by atoms with van der Waals surface area (Å²) >= 11 is 0. The fourth-order valence-corrected chi connectivity index (χ4v) is 2.76. The molecule has 0 saturated heterocycles. The van der Waals surface area contributed by atoms with Crippen molar-refractivity contribution in [2.45, 2.75) is 13.5 Å². The molecular formula is C24H22FN3O4. The van der Waals surface area contributed by atoms with Crippen LogP contribution >= 0.6 is 0 Å². The minimum absolute atomic E-state index is 0.186. The first kappa shape index (κ1) is 22.5. The van der Waals surface area contributed by atoms with Gasteiger partial charge < -0.3 is 14.8 Å². The summed E-state index contributed by atoms with van der Waals surface area (Å²) < 4.78 is 24.1. The summed E-state index contributed by atoms with van der Waals surface area (Å²) in [4.78, 5) is 23.3. The van der Waals surface area contributed by atoms with Gasteiger partial charge in [0.05, 0.1) is 13.3 Å². The van der Waals surface area contributed by atoms with Crippen LogP contribution in [0, 0.1) is 5.82 Å². The molecule has 0 saturated carbocycles. The molecule has 0 aromatic heterocycles. The Morgan fingerprint density at radius 3 is 2.38 bits per heavy atom. The summed E-state index contributed by atoms with van der Waals surface area (Å²) in [5, 5.41) is 6.60. The van der Waals surface area contributed by atoms with Gasteiger partial charge in [-0.1, -0.05) is 12.1 Å². The lowest BCUT2D eigenvalue weighted by Gasteiger charge is -2.11. The Labute approximate surface area is 184 Å². The molecule has 0 aliphatic heterocycles. The zero-order chi connectivity index (χ0) is 22.9. The van der Waals surface area contributed by atoms with Crippen molar-refractivity contribution >= 4 is 23.7 Å². The van der Waals surface area contributed by atoms with Crippen LogP contribution in [-0.4, -0.2) is 25.1 Å². The smallest absolute Gasteiger partial charge is 0.271 e. The Morgan fingerprint density at radius 1 is 1.00 bits per heavy atom. The van der Waals surface area contributed by atoms with E-state index in [2.05, 4.69) is 15.8 Å². The molecule has 0 heterocycles. The van der Waals surface area contributed by atoms with Gasteiger partial charge in [0.25, 0.3) is 5.91 Å². The molecule has 8 heteroatoms. The van der Waals surface area contributed by atoms with Crippen molar-refractivity contribution in [3.05, 3.63) is 89.2 Å². The van der Waals surface area contributed by atoms with E-state index < -0.39 is 0 Å². The predicted octanol–water partition coefficient (Wildman–Crippen LogP) is 4.14. The Bertz CT molecular complexity index is 1110. The number of ether oxygens (including phenoxy) is 2. The number of halogens is 1. The van der Waals surface area contributed by atoms with Crippen LogP contribution in [0.25, 0.3) is 0 Å². The summed E-state index contributed by atoms with van der Waals surface area (Å²) in [6, 6.07) is 17.7. The van der Waals surface area contributed by atoms with Crippen LogP contribution in [0.4, 0.5) is 10.1 Å². The topological polar surface area (TPSA) is 89.0 Å². The van der Waals surface area contributed by atoms with Crippen LogP contribution in [-0.2, 0) is 11.4 Å². The zero-order valence-corrected chi connectivity index (χ0v) is 17.6. The maximum atomic E-state index is 13.0. The number of amides is 2. The number of hydrazone groups is 1. The fraction of sp³-hybridized carbons (Fsp3) is 0.125. The van der Waals surface area contributed by atoms with E-state index in [9.17, 15) is 14.0 Å². The lowest BCUT2D eigenvalue weighted by atomic mass is 10.2. The van der Waals surface area contributed by atoms with Crippen molar-refractivity contribution in [1.82, 2.24) is 5.43 Å². The molecule has 3 aromatic rings. The summed E-state index contributed by atoms with van der Waals surface area (Å²) in [5.41, 5.74) is 4.97. The second-order valence-corrected chi connectivity index (χ2v) is 6.78. The lowest BCUT2D eigenvalue weighted by molar-refractivity contribution is -0.114. The van der Waals surface area contributed by atoms with E-state index in [0.717, 1.165) is 5.56 Å². The lowest BCUT2D eigenvalue weighted by Crippen LogP contribution is -2.17. The zero-order valence-electron chi connectivity index (χ0n) is 17.6. The average Bonchev–Trinajstić information content (AvgIpc) is 2.79. The SMILES string of the molecule is COc1cc(C=NNC(=O)c2ccc(NC(C)=O)cc2)ccc1OCc1ccc(F)cc1. The molecule has 32 heavy (non-hydrogen) atoms. The van der Waals surface area contributed by atoms with Gasteiger partial charge in [0, 0.05) is 18.2 Å². The maximum absolute atomic E-state index is 13.0. The quantitative estimate of drug-likeness (QED) is 0.411. The van der Waals surface area contributed by atoms with Crippen molar-refractivity contribution < 1.29 is 23.5 Å². The highest BCUT2D eigenvalue weighted by atomic mass is 19.1. The van der Waals surface area contributed by atoms with Gasteiger partial charge in [-0.3, -0.25) is 9.59 Å². The molecule has 0 bridgehead atoms. The highest BCUT2D eigenvalue weighted by Gasteiger charge is 2.07. The van der Waals surface area contributed by atoms with Crippen molar-refractivity contribution in [2.24, 2.45) is 5.10 Å². The monoisotopic (exact) mass is 435 g/mol. The van der Waals surface area contributed by atoms with Gasteiger partial charge in [0.1, 0.15) is 12.4 Å². The molecule has 3 aromatic carbocycles. The number of anilines is 1. The molecule has 2 N–H and O–H groups in total. The number of benzene rings is 3. The van der Waals surface area contributed by atoms with Gasteiger partial charge in [-0.15, -0.1) is 0 Å². The molecule has 7 nitrogen and oxygen atoms in total. The van der Waals surface area contributed by atoms with E-state index in [1.807, 2.05) is 0 Å². The van der Waals surface area contributed by atoms with Gasteiger partial charge in [-0.25, -0.2) is 9.82 Å². The van der Waals surface area contributed by atoms with Gasteiger partial charge in [-0.2, -0.15) is 5.10 Å². The summed E-state index contributed by atoms with van der Waals surface area (Å²) in [6.45, 7) is 1.68. The molecule has 0 atom stereocenters. The van der Waals surface area contributed by atoms with Crippen LogP contribution < -0.4 is 20.2 Å². The van der Waals surface area contributed by atoms with E-state index in [-0.39, 0.29) is 24.2 Å². The summed E-state index contributed by atoms with van der Waals surface area (Å²) in [5.74, 6) is 0.147. The van der Waals surface area contributed by atoms with Gasteiger partial charge >= 0.3 is 0 Å². The second kappa shape index (κ2) is 10.7. The van der Waals surface area contributed by atoms with E-state index in [1.54, 1.807) is 54.6 Å². The molecule has 3 rings (SSSR count). The molecule has 164 valence electrons. The van der Waals surface area contributed by atoms with Crippen LogP contribution in [0.5, 0.6) is 11.5 Å². The van der Waals surface area contributed by atoms with Gasteiger partial charge in [-0.05, 0) is 65.7 Å². The van der Waals surface area contributed by atoms with E-state index in [4.69, 9.17) is 9.47 Å². The first-order valence-corrected chi connectivity index (χ1v) is 9.71. The summed E-state index contributed by atoms with van der Waals surface area (Å²) in [7, 11) is 1.52. The molecular weight excluding hydrogens is 413 g/mol. The normalized spacial score (nSPS) is 10.6. The highest BCUT2D eigenvalue weighted by Crippen LogP contribution is 2.28. The minimum atomic E-state index is -0.387. The number of nitrogens with zero attached hydrogens (tertiary/aromatic N) is 1. The van der Waals surface area contributed by atoms with E-state index >= 15 is 0 Å². The number of hydrogen-bond donors (Lipinski definition) is 2. The van der Waals surface area contributed by atoms with Crippen LogP contribution in [0.15, 0.2) is 71.8 Å². The molecule has 0 fully saturated rings. The van der Waals surface area contributed by atoms with E-state index in [0.29, 0.717) is 28.3 Å². The third-order valence-electron chi connectivity index (χ3n) is 4.34. The third kappa shape index (κ3) is 6.40. The number of hydrogen-bond acceptors (Lipinski definition) is 5. The third-order valence-corrected chi connectivity index (χ3v) is 4.34. The standard InChI is InChI=1S/C24H22FN3O4/c1-16(29)27-21-10-6-19(7-11-21)24(30)28-26-14-18-5-12-22(23(13-18)31-2)32-15-17-3-8-20(25)9-4-17/h3-14H,15H2,1-2H3,(H,27,29)(H,28,30). The Kier molecular flexibility index (Phi) is 7.53. The van der Waals surface area contributed by atoms with Crippen LogP contribution in [0.3, 0.4) is 0 Å². The fourth-order valence-electron chi connectivity index (χ4n) is 2.76. The number of rotatable bonds is 8. The van der Waals surface area contributed by atoms with Gasteiger partial charge in [0.15, 0.2) is 11.5 Å².